The molecule has 0 aliphatic heterocycles. The molecular weight excluding hydrogens is 282 g/mol. The molecule has 6 nitrogen and oxygen atoms in total. The van der Waals surface area contributed by atoms with Gasteiger partial charge >= 0.3 is 0 Å². The summed E-state index contributed by atoms with van der Waals surface area (Å²) in [6.45, 7) is 5.50. The lowest BCUT2D eigenvalue weighted by atomic mass is 10.3. The molecule has 1 aromatic rings. The van der Waals surface area contributed by atoms with Crippen molar-refractivity contribution in [3.63, 3.8) is 0 Å². The van der Waals surface area contributed by atoms with Crippen molar-refractivity contribution in [3.05, 3.63) is 18.2 Å². The van der Waals surface area contributed by atoms with Gasteiger partial charge in [-0.2, -0.15) is 0 Å². The minimum atomic E-state index is 0.278. The van der Waals surface area contributed by atoms with E-state index in [0.717, 1.165) is 25.1 Å². The molecule has 0 saturated carbocycles. The van der Waals surface area contributed by atoms with Crippen molar-refractivity contribution in [2.75, 3.05) is 32.7 Å². The summed E-state index contributed by atoms with van der Waals surface area (Å²) in [4.78, 5) is 4.29. The van der Waals surface area contributed by atoms with E-state index in [1.54, 1.807) is 14.2 Å². The first kappa shape index (κ1) is 18.1. The number of hydrogen-bond acceptors (Lipinski definition) is 4. The van der Waals surface area contributed by atoms with Gasteiger partial charge in [-0.1, -0.05) is 0 Å². The second-order valence-electron chi connectivity index (χ2n) is 5.09. The maximum absolute atomic E-state index is 5.87. The highest BCUT2D eigenvalue weighted by atomic mass is 16.5. The van der Waals surface area contributed by atoms with Crippen LogP contribution in [0.1, 0.15) is 26.7 Å². The van der Waals surface area contributed by atoms with Crippen LogP contribution < -0.4 is 20.5 Å². The largest absolute Gasteiger partial charge is 0.493 e. The van der Waals surface area contributed by atoms with Gasteiger partial charge in [0.1, 0.15) is 0 Å². The molecule has 0 radical (unpaired) electrons. The van der Waals surface area contributed by atoms with E-state index in [0.29, 0.717) is 24.0 Å². The number of methoxy groups -OCH3 is 2. The molecule has 0 heterocycles. The van der Waals surface area contributed by atoms with Gasteiger partial charge in [-0.3, -0.25) is 4.99 Å². The van der Waals surface area contributed by atoms with E-state index in [9.17, 15) is 0 Å². The number of rotatable bonds is 9. The van der Waals surface area contributed by atoms with Crippen LogP contribution in [0.5, 0.6) is 11.5 Å². The monoisotopic (exact) mass is 309 g/mol. The summed E-state index contributed by atoms with van der Waals surface area (Å²) in [6.07, 6.45) is 2.20. The Balaban J connectivity index is 2.40. The minimum absolute atomic E-state index is 0.278. The molecule has 0 unspecified atom stereocenters. The first-order valence-corrected chi connectivity index (χ1v) is 7.47. The smallest absolute Gasteiger partial charge is 0.193 e. The van der Waals surface area contributed by atoms with Gasteiger partial charge in [0.05, 0.1) is 20.3 Å². The molecule has 0 bridgehead atoms. The Morgan fingerprint density at radius 1 is 1.18 bits per heavy atom. The van der Waals surface area contributed by atoms with E-state index in [-0.39, 0.29) is 6.10 Å². The summed E-state index contributed by atoms with van der Waals surface area (Å²) >= 11 is 0. The van der Waals surface area contributed by atoms with Crippen molar-refractivity contribution in [2.24, 2.45) is 10.7 Å². The Kier molecular flexibility index (Phi) is 8.14. The highest BCUT2D eigenvalue weighted by molar-refractivity contribution is 5.92. The van der Waals surface area contributed by atoms with Gasteiger partial charge in [-0.05, 0) is 38.8 Å². The Morgan fingerprint density at radius 2 is 1.91 bits per heavy atom. The molecule has 0 saturated heterocycles. The third-order valence-corrected chi connectivity index (χ3v) is 2.94. The highest BCUT2D eigenvalue weighted by Crippen LogP contribution is 2.29. The zero-order chi connectivity index (χ0) is 16.4. The number of guanidine groups is 1. The number of nitrogens with zero attached hydrogens (tertiary/aromatic N) is 1. The van der Waals surface area contributed by atoms with E-state index in [4.69, 9.17) is 19.9 Å². The summed E-state index contributed by atoms with van der Waals surface area (Å²) in [6, 6.07) is 5.50. The standard InChI is InChI=1S/C16H27N3O3/c1-12(2)22-10-6-5-9-18-16(17)19-13-7-8-14(20-3)15(11-13)21-4/h7-8,11-12H,5-6,9-10H2,1-4H3,(H3,17,18,19). The number of anilines is 1. The zero-order valence-electron chi connectivity index (χ0n) is 13.9. The van der Waals surface area contributed by atoms with Crippen LogP contribution in [0.15, 0.2) is 23.2 Å². The fourth-order valence-electron chi connectivity index (χ4n) is 1.83. The van der Waals surface area contributed by atoms with E-state index in [1.807, 2.05) is 32.0 Å². The lowest BCUT2D eigenvalue weighted by Crippen LogP contribution is -2.22. The van der Waals surface area contributed by atoms with E-state index in [2.05, 4.69) is 10.3 Å². The highest BCUT2D eigenvalue weighted by Gasteiger charge is 2.04. The molecular formula is C16H27N3O3. The van der Waals surface area contributed by atoms with Crippen LogP contribution in [0.4, 0.5) is 5.69 Å². The normalized spacial score (nSPS) is 11.6. The third kappa shape index (κ3) is 6.67. The predicted octanol–water partition coefficient (Wildman–Crippen LogP) is 2.64. The number of ether oxygens (including phenoxy) is 3. The van der Waals surface area contributed by atoms with Gasteiger partial charge in [0.15, 0.2) is 17.5 Å². The average Bonchev–Trinajstić information content (AvgIpc) is 2.50. The van der Waals surface area contributed by atoms with Gasteiger partial charge in [-0.15, -0.1) is 0 Å². The van der Waals surface area contributed by atoms with Crippen molar-refractivity contribution in [2.45, 2.75) is 32.8 Å². The van der Waals surface area contributed by atoms with Crippen LogP contribution in [0.25, 0.3) is 0 Å². The molecule has 1 rings (SSSR count). The molecule has 0 aliphatic carbocycles. The van der Waals surface area contributed by atoms with Crippen molar-refractivity contribution in [3.8, 4) is 11.5 Å². The van der Waals surface area contributed by atoms with Gasteiger partial charge in [0.25, 0.3) is 0 Å². The Hall–Kier alpha value is -1.95. The quantitative estimate of drug-likeness (QED) is 0.416. The molecule has 0 amide bonds. The van der Waals surface area contributed by atoms with E-state index >= 15 is 0 Å². The third-order valence-electron chi connectivity index (χ3n) is 2.94. The van der Waals surface area contributed by atoms with Crippen LogP contribution in [-0.4, -0.2) is 39.4 Å². The molecule has 124 valence electrons. The predicted molar refractivity (Wildman–Crippen MR) is 90.0 cm³/mol. The summed E-state index contributed by atoms with van der Waals surface area (Å²) < 4.78 is 15.9. The molecule has 0 spiro atoms. The zero-order valence-corrected chi connectivity index (χ0v) is 13.9. The number of nitrogens with one attached hydrogen (secondary N) is 1. The lowest BCUT2D eigenvalue weighted by molar-refractivity contribution is 0.0764. The summed E-state index contributed by atoms with van der Waals surface area (Å²) in [7, 11) is 3.20. The molecule has 6 heteroatoms. The van der Waals surface area contributed by atoms with E-state index < -0.39 is 0 Å². The molecule has 0 fully saturated rings. The molecule has 0 aliphatic rings. The number of hydrogen-bond donors (Lipinski definition) is 2. The fraction of sp³-hybridized carbons (Fsp3) is 0.562. The maximum Gasteiger partial charge on any atom is 0.193 e. The van der Waals surface area contributed by atoms with Crippen LogP contribution in [-0.2, 0) is 4.74 Å². The molecule has 22 heavy (non-hydrogen) atoms. The Morgan fingerprint density at radius 3 is 2.55 bits per heavy atom. The van der Waals surface area contributed by atoms with Gasteiger partial charge in [0, 0.05) is 24.9 Å². The van der Waals surface area contributed by atoms with Gasteiger partial charge < -0.3 is 25.3 Å². The Bertz CT molecular complexity index is 476. The van der Waals surface area contributed by atoms with Crippen molar-refractivity contribution in [1.82, 2.24) is 0 Å². The fourth-order valence-corrected chi connectivity index (χ4v) is 1.83. The van der Waals surface area contributed by atoms with Crippen LogP contribution in [0, 0.1) is 0 Å². The van der Waals surface area contributed by atoms with E-state index in [1.165, 1.54) is 0 Å². The lowest BCUT2D eigenvalue weighted by Gasteiger charge is -2.11. The summed E-state index contributed by atoms with van der Waals surface area (Å²) in [5.41, 5.74) is 6.67. The van der Waals surface area contributed by atoms with Crippen LogP contribution >= 0.6 is 0 Å². The number of unbranched alkanes of at least 4 members (excludes halogenated alkanes) is 1. The Labute approximate surface area is 132 Å². The topological polar surface area (TPSA) is 78.1 Å². The van der Waals surface area contributed by atoms with Gasteiger partial charge in [-0.25, -0.2) is 0 Å². The van der Waals surface area contributed by atoms with Crippen molar-refractivity contribution in [1.29, 1.82) is 0 Å². The first-order chi connectivity index (χ1) is 10.6. The summed E-state index contributed by atoms with van der Waals surface area (Å²) in [5.74, 6) is 1.71. The van der Waals surface area contributed by atoms with Crippen molar-refractivity contribution >= 4 is 11.6 Å². The molecule has 3 N–H and O–H groups in total. The van der Waals surface area contributed by atoms with Crippen molar-refractivity contribution < 1.29 is 14.2 Å². The second kappa shape index (κ2) is 9.89. The molecule has 0 aromatic heterocycles. The minimum Gasteiger partial charge on any atom is -0.493 e. The number of benzene rings is 1. The molecule has 0 atom stereocenters. The summed E-state index contributed by atoms with van der Waals surface area (Å²) in [5, 5.41) is 3.04. The molecule has 1 aromatic carbocycles. The number of aliphatic imine (C=N–C) groups is 1. The number of nitrogens with two attached hydrogens (primary N) is 1. The van der Waals surface area contributed by atoms with Crippen LogP contribution in [0.2, 0.25) is 0 Å². The second-order valence-corrected chi connectivity index (χ2v) is 5.09. The van der Waals surface area contributed by atoms with Crippen LogP contribution in [0.3, 0.4) is 0 Å². The maximum atomic E-state index is 5.87. The SMILES string of the molecule is COc1ccc(NC(N)=NCCCCOC(C)C)cc1OC. The average molecular weight is 309 g/mol. The van der Waals surface area contributed by atoms with Gasteiger partial charge in [0.2, 0.25) is 0 Å². The first-order valence-electron chi connectivity index (χ1n) is 7.47.